The van der Waals surface area contributed by atoms with Crippen LogP contribution in [0.15, 0.2) is 71.1 Å². The number of aliphatic imine (C=N–C) groups is 1. The predicted octanol–water partition coefficient (Wildman–Crippen LogP) is 3.94. The zero-order valence-electron chi connectivity index (χ0n) is 8.43. The Morgan fingerprint density at radius 2 is 1.93 bits per heavy atom. The van der Waals surface area contributed by atoms with Gasteiger partial charge in [-0.25, -0.2) is 0 Å². The third-order valence-corrected chi connectivity index (χ3v) is 2.17. The van der Waals surface area contributed by atoms with E-state index in [1.54, 1.807) is 18.4 Å². The third kappa shape index (κ3) is 4.00. The Morgan fingerprint density at radius 3 is 2.53 bits per heavy atom. The number of thiol groups is 1. The summed E-state index contributed by atoms with van der Waals surface area (Å²) in [7, 11) is 0. The van der Waals surface area contributed by atoms with E-state index in [-0.39, 0.29) is 0 Å². The van der Waals surface area contributed by atoms with Crippen LogP contribution in [0.2, 0.25) is 0 Å². The molecule has 0 heterocycles. The lowest BCUT2D eigenvalue weighted by Gasteiger charge is -1.96. The number of allylic oxidation sites excluding steroid dienone is 3. The molecule has 0 saturated carbocycles. The van der Waals surface area contributed by atoms with Crippen molar-refractivity contribution in [2.45, 2.75) is 0 Å². The third-order valence-electron chi connectivity index (χ3n) is 1.73. The summed E-state index contributed by atoms with van der Waals surface area (Å²) in [6.07, 6.45) is 5.14. The van der Waals surface area contributed by atoms with Gasteiger partial charge in [0.2, 0.25) is 0 Å². The molecule has 0 aliphatic rings. The van der Waals surface area contributed by atoms with Gasteiger partial charge in [0, 0.05) is 11.1 Å². The summed E-state index contributed by atoms with van der Waals surface area (Å²) in [5, 5.41) is 0. The Labute approximate surface area is 96.0 Å². The first-order valence-corrected chi connectivity index (χ1v) is 4.99. The van der Waals surface area contributed by atoms with Gasteiger partial charge in [-0.05, 0) is 23.8 Å². The minimum atomic E-state index is 0.766. The average Bonchev–Trinajstić information content (AvgIpc) is 2.27. The van der Waals surface area contributed by atoms with E-state index in [0.717, 1.165) is 16.2 Å². The van der Waals surface area contributed by atoms with Crippen molar-refractivity contribution in [2.75, 3.05) is 0 Å². The van der Waals surface area contributed by atoms with Crippen molar-refractivity contribution in [3.8, 4) is 0 Å². The molecular weight excluding hydrogens is 202 g/mol. The van der Waals surface area contributed by atoms with Crippen LogP contribution in [0, 0.1) is 0 Å². The van der Waals surface area contributed by atoms with Gasteiger partial charge in [-0.2, -0.15) is 0 Å². The minimum absolute atomic E-state index is 0.766. The van der Waals surface area contributed by atoms with Crippen LogP contribution < -0.4 is 0 Å². The van der Waals surface area contributed by atoms with Gasteiger partial charge in [-0.3, -0.25) is 4.99 Å². The Morgan fingerprint density at radius 1 is 1.27 bits per heavy atom. The van der Waals surface area contributed by atoms with Gasteiger partial charge >= 0.3 is 0 Å². The monoisotopic (exact) mass is 215 g/mol. The van der Waals surface area contributed by atoms with Crippen LogP contribution in [0.3, 0.4) is 0 Å². The molecule has 0 aliphatic carbocycles. The Hall–Kier alpha value is -1.54. The summed E-state index contributed by atoms with van der Waals surface area (Å²) in [4.78, 5) is 5.03. The van der Waals surface area contributed by atoms with Crippen LogP contribution >= 0.6 is 12.6 Å². The summed E-state index contributed by atoms with van der Waals surface area (Å²) >= 11 is 4.25. The molecule has 1 nitrogen and oxygen atoms in total. The summed E-state index contributed by atoms with van der Waals surface area (Å²) < 4.78 is 0. The summed E-state index contributed by atoms with van der Waals surface area (Å²) in [5.41, 5.74) is 1.67. The molecule has 2 heteroatoms. The standard InChI is InChI=1S/C13H13NS/c1-3-7-13(15)11(2)10-14-12-8-5-4-6-9-12/h3-10,15H,1-2H2/b13-7+,14-10?. The van der Waals surface area contributed by atoms with Crippen molar-refractivity contribution >= 4 is 24.5 Å². The maximum absolute atomic E-state index is 4.26. The number of hydrogen-bond donors (Lipinski definition) is 1. The van der Waals surface area contributed by atoms with Crippen LogP contribution in [0.1, 0.15) is 0 Å². The molecule has 0 amide bonds. The molecular formula is C13H13NS. The smallest absolute Gasteiger partial charge is 0.0629 e. The molecule has 76 valence electrons. The highest BCUT2D eigenvalue weighted by atomic mass is 32.1. The molecule has 0 aliphatic heterocycles. The second-order valence-corrected chi connectivity index (χ2v) is 3.39. The van der Waals surface area contributed by atoms with Crippen LogP contribution in [-0.4, -0.2) is 6.21 Å². The molecule has 0 unspecified atom stereocenters. The SMILES string of the molecule is C=C/C=C(/S)C(=C)C=Nc1ccccc1. The second kappa shape index (κ2) is 6.04. The topological polar surface area (TPSA) is 12.4 Å². The van der Waals surface area contributed by atoms with Crippen LogP contribution in [0.5, 0.6) is 0 Å². The van der Waals surface area contributed by atoms with Gasteiger partial charge in [0.25, 0.3) is 0 Å². The lowest BCUT2D eigenvalue weighted by Crippen LogP contribution is -1.81. The van der Waals surface area contributed by atoms with E-state index >= 15 is 0 Å². The quantitative estimate of drug-likeness (QED) is 0.443. The highest BCUT2D eigenvalue weighted by molar-refractivity contribution is 7.84. The molecule has 0 radical (unpaired) electrons. The van der Waals surface area contributed by atoms with Gasteiger partial charge in [-0.1, -0.05) is 37.4 Å². The number of benzene rings is 1. The van der Waals surface area contributed by atoms with Crippen molar-refractivity contribution in [3.63, 3.8) is 0 Å². The maximum atomic E-state index is 4.26. The summed E-state index contributed by atoms with van der Waals surface area (Å²) in [5.74, 6) is 0. The molecule has 1 aromatic rings. The van der Waals surface area contributed by atoms with E-state index in [1.165, 1.54) is 0 Å². The number of para-hydroxylation sites is 1. The van der Waals surface area contributed by atoms with E-state index in [9.17, 15) is 0 Å². The van der Waals surface area contributed by atoms with Crippen LogP contribution in [0.25, 0.3) is 0 Å². The molecule has 0 bridgehead atoms. The lowest BCUT2D eigenvalue weighted by atomic mass is 10.3. The fourth-order valence-corrected chi connectivity index (χ4v) is 1.11. The normalized spacial score (nSPS) is 11.7. The van der Waals surface area contributed by atoms with Crippen molar-refractivity contribution in [1.82, 2.24) is 0 Å². The highest BCUT2D eigenvalue weighted by Gasteiger charge is 1.92. The fraction of sp³-hybridized carbons (Fsp3) is 0. The molecule has 0 atom stereocenters. The Kier molecular flexibility index (Phi) is 4.64. The van der Waals surface area contributed by atoms with Gasteiger partial charge in [-0.15, -0.1) is 12.6 Å². The number of rotatable bonds is 4. The van der Waals surface area contributed by atoms with E-state index in [0.29, 0.717) is 0 Å². The van der Waals surface area contributed by atoms with Crippen LogP contribution in [0.4, 0.5) is 5.69 Å². The Bertz CT molecular complexity index is 402. The fourth-order valence-electron chi connectivity index (χ4n) is 0.951. The first-order valence-electron chi connectivity index (χ1n) is 4.54. The van der Waals surface area contributed by atoms with Crippen molar-refractivity contribution in [3.05, 3.63) is 66.1 Å². The molecule has 15 heavy (non-hydrogen) atoms. The zero-order chi connectivity index (χ0) is 11.1. The molecule has 1 aromatic carbocycles. The largest absolute Gasteiger partial charge is 0.256 e. The molecule has 0 spiro atoms. The van der Waals surface area contributed by atoms with Crippen molar-refractivity contribution in [1.29, 1.82) is 0 Å². The molecule has 0 N–H and O–H groups in total. The van der Waals surface area contributed by atoms with E-state index < -0.39 is 0 Å². The predicted molar refractivity (Wildman–Crippen MR) is 71.0 cm³/mol. The minimum Gasteiger partial charge on any atom is -0.256 e. The van der Waals surface area contributed by atoms with Crippen molar-refractivity contribution < 1.29 is 0 Å². The van der Waals surface area contributed by atoms with Crippen molar-refractivity contribution in [2.24, 2.45) is 4.99 Å². The Balaban J connectivity index is 2.71. The average molecular weight is 215 g/mol. The first-order chi connectivity index (χ1) is 7.24. The van der Waals surface area contributed by atoms with Crippen LogP contribution in [-0.2, 0) is 0 Å². The lowest BCUT2D eigenvalue weighted by molar-refractivity contribution is 1.53. The van der Waals surface area contributed by atoms with Gasteiger partial charge < -0.3 is 0 Å². The molecule has 0 fully saturated rings. The second-order valence-electron chi connectivity index (χ2n) is 2.91. The van der Waals surface area contributed by atoms with Gasteiger partial charge in [0.15, 0.2) is 0 Å². The molecule has 1 rings (SSSR count). The number of hydrogen-bond acceptors (Lipinski definition) is 2. The van der Waals surface area contributed by atoms with E-state index in [1.807, 2.05) is 30.3 Å². The summed E-state index contributed by atoms with van der Waals surface area (Å²) in [6.45, 7) is 7.44. The number of nitrogens with zero attached hydrogens (tertiary/aromatic N) is 1. The zero-order valence-corrected chi connectivity index (χ0v) is 9.32. The molecule has 0 aromatic heterocycles. The van der Waals surface area contributed by atoms with E-state index in [4.69, 9.17) is 0 Å². The first kappa shape index (κ1) is 11.5. The molecule has 0 saturated heterocycles. The summed E-state index contributed by atoms with van der Waals surface area (Å²) in [6, 6.07) is 9.70. The van der Waals surface area contributed by atoms with E-state index in [2.05, 4.69) is 30.8 Å². The van der Waals surface area contributed by atoms with Gasteiger partial charge in [0.1, 0.15) is 0 Å². The maximum Gasteiger partial charge on any atom is 0.0629 e. The highest BCUT2D eigenvalue weighted by Crippen LogP contribution is 2.13. The van der Waals surface area contributed by atoms with Gasteiger partial charge in [0.05, 0.1) is 5.69 Å².